The lowest BCUT2D eigenvalue weighted by Crippen LogP contribution is -2.19. The predicted molar refractivity (Wildman–Crippen MR) is 156 cm³/mol. The molecule has 2 atom stereocenters. The Hall–Kier alpha value is -0.530. The van der Waals surface area contributed by atoms with Crippen molar-refractivity contribution in [2.75, 3.05) is 6.61 Å². The summed E-state index contributed by atoms with van der Waals surface area (Å²) in [6.45, 7) is 9.56. The van der Waals surface area contributed by atoms with Gasteiger partial charge in [-0.05, 0) is 25.2 Å². The Kier molecular flexibility index (Phi) is 27.6. The molecule has 2 unspecified atom stereocenters. The minimum absolute atomic E-state index is 0.0492. The highest BCUT2D eigenvalue weighted by molar-refractivity contribution is 5.71. The van der Waals surface area contributed by atoms with Crippen LogP contribution in [0.2, 0.25) is 0 Å². The molecule has 0 fully saturated rings. The molecule has 210 valence electrons. The van der Waals surface area contributed by atoms with Crippen molar-refractivity contribution in [3.05, 3.63) is 0 Å². The average molecular weight is 495 g/mol. The van der Waals surface area contributed by atoms with E-state index in [0.717, 1.165) is 6.42 Å². The number of hydrogen-bond acceptors (Lipinski definition) is 2. The fourth-order valence-electron chi connectivity index (χ4n) is 5.14. The van der Waals surface area contributed by atoms with Crippen molar-refractivity contribution in [2.45, 2.75) is 188 Å². The van der Waals surface area contributed by atoms with Crippen LogP contribution in [0, 0.1) is 11.8 Å². The fraction of sp³-hybridized carbons (Fsp3) is 0.970. The van der Waals surface area contributed by atoms with Crippen LogP contribution in [0.5, 0.6) is 0 Å². The van der Waals surface area contributed by atoms with Crippen molar-refractivity contribution >= 4 is 5.97 Å². The minimum Gasteiger partial charge on any atom is -0.465 e. The van der Waals surface area contributed by atoms with Gasteiger partial charge >= 0.3 is 5.97 Å². The number of hydrogen-bond donors (Lipinski definition) is 0. The lowest BCUT2D eigenvalue weighted by Gasteiger charge is -2.19. The number of carbonyl (C=O) groups is 1. The summed E-state index contributed by atoms with van der Waals surface area (Å²) in [6, 6.07) is 0. The molecule has 0 saturated heterocycles. The Morgan fingerprint density at radius 3 is 1.23 bits per heavy atom. The number of rotatable bonds is 28. The maximum absolute atomic E-state index is 12.6. The number of carbonyl (C=O) groups excluding carboxylic acids is 1. The molecule has 35 heavy (non-hydrogen) atoms. The van der Waals surface area contributed by atoms with Crippen LogP contribution in [0.3, 0.4) is 0 Å². The van der Waals surface area contributed by atoms with Gasteiger partial charge in [0.2, 0.25) is 0 Å². The summed E-state index contributed by atoms with van der Waals surface area (Å²) in [4.78, 5) is 12.6. The first-order valence-electron chi connectivity index (χ1n) is 16.3. The van der Waals surface area contributed by atoms with Gasteiger partial charge in [0, 0.05) is 0 Å². The zero-order valence-electron chi connectivity index (χ0n) is 24.9. The normalized spacial score (nSPS) is 13.1. The molecule has 0 bridgehead atoms. The molecule has 0 rings (SSSR count). The van der Waals surface area contributed by atoms with Crippen molar-refractivity contribution in [1.29, 1.82) is 0 Å². The van der Waals surface area contributed by atoms with E-state index in [9.17, 15) is 4.79 Å². The molecule has 0 aromatic carbocycles. The van der Waals surface area contributed by atoms with Crippen molar-refractivity contribution in [2.24, 2.45) is 11.8 Å². The van der Waals surface area contributed by atoms with Crippen LogP contribution < -0.4 is 0 Å². The Bertz CT molecular complexity index is 419. The van der Waals surface area contributed by atoms with Crippen LogP contribution in [0.25, 0.3) is 0 Å². The van der Waals surface area contributed by atoms with Gasteiger partial charge in [-0.3, -0.25) is 4.79 Å². The van der Waals surface area contributed by atoms with E-state index in [1.807, 2.05) is 0 Å². The van der Waals surface area contributed by atoms with E-state index in [4.69, 9.17) is 4.74 Å². The van der Waals surface area contributed by atoms with Crippen molar-refractivity contribution in [1.82, 2.24) is 0 Å². The summed E-state index contributed by atoms with van der Waals surface area (Å²) in [5, 5.41) is 0. The van der Waals surface area contributed by atoms with E-state index in [1.165, 1.54) is 154 Å². The molecule has 0 aliphatic heterocycles. The van der Waals surface area contributed by atoms with E-state index in [2.05, 4.69) is 27.7 Å². The maximum Gasteiger partial charge on any atom is 0.308 e. The summed E-state index contributed by atoms with van der Waals surface area (Å²) < 4.78 is 5.83. The monoisotopic (exact) mass is 495 g/mol. The second-order valence-corrected chi connectivity index (χ2v) is 11.5. The standard InChI is InChI=1S/C33H66O2/c1-5-8-11-13-15-17-19-21-23-26-29-32(28-24-10-7-3)30-35-33(34)31(4)27-25-22-20-18-16-14-12-9-6-2/h31-32H,5-30H2,1-4H3. The van der Waals surface area contributed by atoms with Gasteiger partial charge in [0.15, 0.2) is 0 Å². The van der Waals surface area contributed by atoms with Crippen molar-refractivity contribution in [3.63, 3.8) is 0 Å². The van der Waals surface area contributed by atoms with Gasteiger partial charge in [-0.1, -0.05) is 169 Å². The van der Waals surface area contributed by atoms with E-state index in [1.54, 1.807) is 0 Å². The third kappa shape index (κ3) is 24.9. The van der Waals surface area contributed by atoms with E-state index >= 15 is 0 Å². The molecule has 0 heterocycles. The van der Waals surface area contributed by atoms with Gasteiger partial charge in [0.1, 0.15) is 0 Å². The van der Waals surface area contributed by atoms with Crippen molar-refractivity contribution < 1.29 is 9.53 Å². The molecule has 0 spiro atoms. The van der Waals surface area contributed by atoms with E-state index < -0.39 is 0 Å². The Morgan fingerprint density at radius 1 is 0.486 bits per heavy atom. The SMILES string of the molecule is CCCCCCCCCCCCC(CCCCC)COC(=O)C(C)CCCCCCCCCCC. The zero-order valence-corrected chi connectivity index (χ0v) is 24.9. The van der Waals surface area contributed by atoms with Gasteiger partial charge in [0.25, 0.3) is 0 Å². The van der Waals surface area contributed by atoms with Crippen LogP contribution in [0.4, 0.5) is 0 Å². The van der Waals surface area contributed by atoms with Gasteiger partial charge in [-0.15, -0.1) is 0 Å². The molecule has 0 saturated carbocycles. The summed E-state index contributed by atoms with van der Waals surface area (Å²) in [5.41, 5.74) is 0. The number of unbranched alkanes of at least 4 members (excludes halogenated alkanes) is 19. The molecular weight excluding hydrogens is 428 g/mol. The quantitative estimate of drug-likeness (QED) is 0.0798. The molecule has 0 radical (unpaired) electrons. The van der Waals surface area contributed by atoms with Crippen LogP contribution in [0.1, 0.15) is 188 Å². The molecule has 0 aliphatic carbocycles. The smallest absolute Gasteiger partial charge is 0.308 e. The molecule has 2 heteroatoms. The minimum atomic E-state index is 0.0492. The average Bonchev–Trinajstić information content (AvgIpc) is 2.86. The van der Waals surface area contributed by atoms with Gasteiger partial charge in [0.05, 0.1) is 12.5 Å². The molecular formula is C33H66O2. The maximum atomic E-state index is 12.6. The molecule has 0 aromatic rings. The van der Waals surface area contributed by atoms with E-state index in [-0.39, 0.29) is 11.9 Å². The first-order chi connectivity index (χ1) is 17.2. The number of ether oxygens (including phenoxy) is 1. The summed E-state index contributed by atoms with van der Waals surface area (Å²) in [5.74, 6) is 0.681. The molecule has 0 aliphatic rings. The zero-order chi connectivity index (χ0) is 25.8. The second-order valence-electron chi connectivity index (χ2n) is 11.5. The Labute approximate surface area is 222 Å². The van der Waals surface area contributed by atoms with Crippen LogP contribution in [-0.4, -0.2) is 12.6 Å². The fourth-order valence-corrected chi connectivity index (χ4v) is 5.14. The lowest BCUT2D eigenvalue weighted by atomic mass is 9.95. The largest absolute Gasteiger partial charge is 0.465 e. The summed E-state index contributed by atoms with van der Waals surface area (Å²) in [6.07, 6.45) is 33.2. The van der Waals surface area contributed by atoms with Gasteiger partial charge in [-0.25, -0.2) is 0 Å². The summed E-state index contributed by atoms with van der Waals surface area (Å²) >= 11 is 0. The second kappa shape index (κ2) is 28.0. The third-order valence-electron chi connectivity index (χ3n) is 7.79. The highest BCUT2D eigenvalue weighted by Gasteiger charge is 2.17. The first-order valence-corrected chi connectivity index (χ1v) is 16.3. The van der Waals surface area contributed by atoms with Gasteiger partial charge < -0.3 is 4.74 Å². The van der Waals surface area contributed by atoms with Crippen molar-refractivity contribution in [3.8, 4) is 0 Å². The molecule has 0 amide bonds. The van der Waals surface area contributed by atoms with Gasteiger partial charge in [-0.2, -0.15) is 0 Å². The number of esters is 1. The predicted octanol–water partition coefficient (Wildman–Crippen LogP) is 11.6. The molecule has 2 nitrogen and oxygen atoms in total. The van der Waals surface area contributed by atoms with Crippen LogP contribution in [-0.2, 0) is 9.53 Å². The first kappa shape index (κ1) is 34.5. The van der Waals surface area contributed by atoms with Crippen LogP contribution >= 0.6 is 0 Å². The Balaban J connectivity index is 3.91. The third-order valence-corrected chi connectivity index (χ3v) is 7.79. The Morgan fingerprint density at radius 2 is 0.800 bits per heavy atom. The molecule has 0 N–H and O–H groups in total. The highest BCUT2D eigenvalue weighted by Crippen LogP contribution is 2.21. The molecule has 0 aromatic heterocycles. The highest BCUT2D eigenvalue weighted by atomic mass is 16.5. The summed E-state index contributed by atoms with van der Waals surface area (Å²) in [7, 11) is 0. The van der Waals surface area contributed by atoms with E-state index in [0.29, 0.717) is 12.5 Å². The lowest BCUT2D eigenvalue weighted by molar-refractivity contribution is -0.149. The van der Waals surface area contributed by atoms with Crippen LogP contribution in [0.15, 0.2) is 0 Å². The topological polar surface area (TPSA) is 26.3 Å².